The van der Waals surface area contributed by atoms with Crippen molar-refractivity contribution in [3.8, 4) is 11.3 Å². The fourth-order valence-electron chi connectivity index (χ4n) is 3.24. The second-order valence-corrected chi connectivity index (χ2v) is 8.35. The van der Waals surface area contributed by atoms with E-state index in [-0.39, 0.29) is 23.2 Å². The fourth-order valence-corrected chi connectivity index (χ4v) is 3.67. The zero-order chi connectivity index (χ0) is 24.7. The van der Waals surface area contributed by atoms with E-state index in [1.807, 2.05) is 0 Å². The number of benzene rings is 1. The van der Waals surface area contributed by atoms with Gasteiger partial charge in [0.2, 0.25) is 5.95 Å². The third kappa shape index (κ3) is 7.10. The van der Waals surface area contributed by atoms with Gasteiger partial charge in [-0.3, -0.25) is 4.79 Å². The van der Waals surface area contributed by atoms with Crippen molar-refractivity contribution in [2.45, 2.75) is 25.1 Å². The largest absolute Gasteiger partial charge is 0.378 e. The Balaban J connectivity index is 0.000000396. The lowest BCUT2D eigenvalue weighted by molar-refractivity contribution is 0.0366. The average Bonchev–Trinajstić information content (AvgIpc) is 3.29. The number of carbonyl (C=O) groups excluding carboxylic acids is 1. The second kappa shape index (κ2) is 12.1. The molecule has 2 unspecified atom stereocenters. The summed E-state index contributed by atoms with van der Waals surface area (Å²) < 4.78 is 30.4. The molecular weight excluding hydrogens is 489 g/mol. The lowest BCUT2D eigenvalue weighted by atomic mass is 10.1. The summed E-state index contributed by atoms with van der Waals surface area (Å²) in [6.07, 6.45) is 3.85. The highest BCUT2D eigenvalue weighted by Gasteiger charge is 2.18. The van der Waals surface area contributed by atoms with Crippen molar-refractivity contribution in [1.82, 2.24) is 20.3 Å². The van der Waals surface area contributed by atoms with E-state index in [0.29, 0.717) is 34.9 Å². The molecule has 1 aliphatic rings. The third-order valence-corrected chi connectivity index (χ3v) is 5.39. The maximum Gasteiger partial charge on any atom is 0.268 e. The van der Waals surface area contributed by atoms with Crippen LogP contribution >= 0.6 is 23.2 Å². The van der Waals surface area contributed by atoms with Crippen LogP contribution in [0.5, 0.6) is 0 Å². The maximum absolute atomic E-state index is 13.6. The Bertz CT molecular complexity index is 1100. The van der Waals surface area contributed by atoms with Crippen molar-refractivity contribution in [2.75, 3.05) is 25.5 Å². The molecule has 1 fully saturated rings. The topological polar surface area (TPSA) is 132 Å². The van der Waals surface area contributed by atoms with Crippen molar-refractivity contribution >= 4 is 35.1 Å². The Hall–Kier alpha value is -2.79. The van der Waals surface area contributed by atoms with E-state index >= 15 is 0 Å². The summed E-state index contributed by atoms with van der Waals surface area (Å²) in [7, 11) is 0. The molecule has 3 heterocycles. The number of H-pyrrole nitrogens is 1. The van der Waals surface area contributed by atoms with Crippen LogP contribution in [-0.4, -0.2) is 46.8 Å². The van der Waals surface area contributed by atoms with Gasteiger partial charge in [0.05, 0.1) is 29.6 Å². The minimum absolute atomic E-state index is 0.0628. The summed E-state index contributed by atoms with van der Waals surface area (Å²) in [5, 5.41) is 3.25. The molecule has 6 N–H and O–H groups in total. The molecule has 4 rings (SSSR count). The smallest absolute Gasteiger partial charge is 0.268 e. The summed E-state index contributed by atoms with van der Waals surface area (Å²) >= 11 is 11.9. The first-order valence-electron chi connectivity index (χ1n) is 10.4. The number of carbonyl (C=O) groups is 1. The summed E-state index contributed by atoms with van der Waals surface area (Å²) in [6.45, 7) is 1.13. The number of aromatic amines is 1. The summed E-state index contributed by atoms with van der Waals surface area (Å²) in [5.41, 5.74) is 13.0. The van der Waals surface area contributed by atoms with Gasteiger partial charge in [-0.2, -0.15) is 0 Å². The van der Waals surface area contributed by atoms with Crippen LogP contribution in [0.25, 0.3) is 11.3 Å². The van der Waals surface area contributed by atoms with E-state index in [1.165, 1.54) is 18.3 Å². The van der Waals surface area contributed by atoms with Gasteiger partial charge in [0, 0.05) is 29.9 Å². The SMILES string of the molecule is FC1CCCOC1.NCC(NC(=O)c1cc(-c2nc(N)ncc2Cl)c[nH]1)c1cc(F)cc(Cl)c1. The van der Waals surface area contributed by atoms with Crippen molar-refractivity contribution in [2.24, 2.45) is 5.73 Å². The number of anilines is 1. The molecular formula is C22H24Cl2F2N6O2. The van der Waals surface area contributed by atoms with E-state index in [4.69, 9.17) is 39.4 Å². The number of hydrogen-bond acceptors (Lipinski definition) is 6. The highest BCUT2D eigenvalue weighted by Crippen LogP contribution is 2.26. The van der Waals surface area contributed by atoms with Gasteiger partial charge in [-0.15, -0.1) is 0 Å². The number of nitrogens with two attached hydrogens (primary N) is 2. The van der Waals surface area contributed by atoms with Crippen molar-refractivity contribution in [3.63, 3.8) is 0 Å². The molecule has 2 atom stereocenters. The minimum atomic E-state index is -0.686. The van der Waals surface area contributed by atoms with Gasteiger partial charge < -0.3 is 26.5 Å². The normalized spacial score (nSPS) is 16.3. The average molecular weight is 513 g/mol. The van der Waals surface area contributed by atoms with Crippen LogP contribution in [-0.2, 0) is 4.74 Å². The van der Waals surface area contributed by atoms with Crippen LogP contribution < -0.4 is 16.8 Å². The van der Waals surface area contributed by atoms with Crippen LogP contribution in [0.2, 0.25) is 10.0 Å². The number of nitrogens with one attached hydrogen (secondary N) is 2. The van der Waals surface area contributed by atoms with Crippen molar-refractivity contribution < 1.29 is 18.3 Å². The molecule has 34 heavy (non-hydrogen) atoms. The molecule has 0 radical (unpaired) electrons. The van der Waals surface area contributed by atoms with E-state index in [9.17, 15) is 13.6 Å². The molecule has 2 aromatic heterocycles. The predicted octanol–water partition coefficient (Wildman–Crippen LogP) is 4.06. The second-order valence-electron chi connectivity index (χ2n) is 7.51. The van der Waals surface area contributed by atoms with Gasteiger partial charge in [0.25, 0.3) is 5.91 Å². The summed E-state index contributed by atoms with van der Waals surface area (Å²) in [6, 6.07) is 4.94. The Morgan fingerprint density at radius 2 is 2.12 bits per heavy atom. The Morgan fingerprint density at radius 3 is 2.74 bits per heavy atom. The lowest BCUT2D eigenvalue weighted by Crippen LogP contribution is -2.33. The van der Waals surface area contributed by atoms with Crippen molar-refractivity contribution in [3.05, 3.63) is 63.8 Å². The zero-order valence-electron chi connectivity index (χ0n) is 18.0. The van der Waals surface area contributed by atoms with E-state index in [1.54, 1.807) is 18.3 Å². The molecule has 182 valence electrons. The number of ether oxygens (including phenoxy) is 1. The molecule has 1 aromatic carbocycles. The number of amides is 1. The first-order valence-corrected chi connectivity index (χ1v) is 11.2. The maximum atomic E-state index is 13.6. The Labute approximate surface area is 205 Å². The summed E-state index contributed by atoms with van der Waals surface area (Å²) in [4.78, 5) is 23.2. The van der Waals surface area contributed by atoms with Crippen LogP contribution in [0, 0.1) is 5.82 Å². The number of rotatable bonds is 5. The van der Waals surface area contributed by atoms with Crippen LogP contribution in [0.1, 0.15) is 34.9 Å². The molecule has 1 saturated heterocycles. The van der Waals surface area contributed by atoms with E-state index in [2.05, 4.69) is 20.3 Å². The molecule has 1 amide bonds. The monoisotopic (exact) mass is 512 g/mol. The molecule has 8 nitrogen and oxygen atoms in total. The molecule has 0 saturated carbocycles. The van der Waals surface area contributed by atoms with Crippen LogP contribution in [0.3, 0.4) is 0 Å². The Morgan fingerprint density at radius 1 is 1.32 bits per heavy atom. The van der Waals surface area contributed by atoms with E-state index in [0.717, 1.165) is 13.0 Å². The molecule has 0 bridgehead atoms. The van der Waals surface area contributed by atoms with Crippen molar-refractivity contribution in [1.29, 1.82) is 0 Å². The minimum Gasteiger partial charge on any atom is -0.378 e. The number of halogens is 4. The van der Waals surface area contributed by atoms with Gasteiger partial charge in [0.15, 0.2) is 0 Å². The van der Waals surface area contributed by atoms with E-state index < -0.39 is 23.9 Å². The van der Waals surface area contributed by atoms with Gasteiger partial charge in [0.1, 0.15) is 17.7 Å². The number of nitrogens with zero attached hydrogens (tertiary/aromatic N) is 2. The molecule has 0 aliphatic carbocycles. The number of aromatic nitrogens is 3. The quantitative estimate of drug-likeness (QED) is 0.407. The highest BCUT2D eigenvalue weighted by molar-refractivity contribution is 6.33. The molecule has 0 spiro atoms. The first-order chi connectivity index (χ1) is 16.3. The van der Waals surface area contributed by atoms with Crippen LogP contribution in [0.4, 0.5) is 14.7 Å². The Kier molecular flexibility index (Phi) is 9.17. The van der Waals surface area contributed by atoms with Crippen LogP contribution in [0.15, 0.2) is 36.7 Å². The van der Waals surface area contributed by atoms with Gasteiger partial charge in [-0.25, -0.2) is 18.7 Å². The molecule has 12 heteroatoms. The van der Waals surface area contributed by atoms with Gasteiger partial charge >= 0.3 is 0 Å². The van der Waals surface area contributed by atoms with Gasteiger partial charge in [-0.05, 0) is 42.7 Å². The fraction of sp³-hybridized carbons (Fsp3) is 0.318. The summed E-state index contributed by atoms with van der Waals surface area (Å²) in [5.74, 6) is -0.883. The number of alkyl halides is 1. The standard InChI is InChI=1S/C17H15Cl2FN6O.C5H9FO/c18-10-1-8(2-11(20)4-10)14(5-21)25-16(27)13-3-9(6-23-13)15-12(19)7-24-17(22)26-15;6-5-2-1-3-7-4-5/h1-4,6-7,14,23H,5,21H2,(H,25,27)(H2,22,24,26);5H,1-4H2. The molecule has 3 aromatic rings. The highest BCUT2D eigenvalue weighted by atomic mass is 35.5. The third-order valence-electron chi connectivity index (χ3n) is 4.90. The molecule has 1 aliphatic heterocycles. The number of hydrogen-bond donors (Lipinski definition) is 4. The number of nitrogen functional groups attached to an aromatic ring is 1. The van der Waals surface area contributed by atoms with Gasteiger partial charge in [-0.1, -0.05) is 23.2 Å². The predicted molar refractivity (Wildman–Crippen MR) is 127 cm³/mol. The lowest BCUT2D eigenvalue weighted by Gasteiger charge is -2.17. The zero-order valence-corrected chi connectivity index (χ0v) is 19.5. The first kappa shape index (κ1) is 25.8.